The Morgan fingerprint density at radius 2 is 2.60 bits per heavy atom. The molecule has 1 N–H and O–H groups in total. The lowest BCUT2D eigenvalue weighted by Gasteiger charge is -2.06. The van der Waals surface area contributed by atoms with E-state index in [1.54, 1.807) is 0 Å². The Morgan fingerprint density at radius 1 is 1.90 bits per heavy atom. The van der Waals surface area contributed by atoms with Crippen LogP contribution in [0, 0.1) is 5.92 Å². The third-order valence-corrected chi connectivity index (χ3v) is 2.06. The van der Waals surface area contributed by atoms with Crippen LogP contribution in [0.2, 0.25) is 0 Å². The molecule has 0 aromatic carbocycles. The molecule has 1 unspecified atom stereocenters. The van der Waals surface area contributed by atoms with Gasteiger partial charge < -0.3 is 5.11 Å². The molecule has 0 bridgehead atoms. The highest BCUT2D eigenvalue weighted by Gasteiger charge is 2.22. The van der Waals surface area contributed by atoms with Crippen LogP contribution in [0.5, 0.6) is 0 Å². The average molecular weight is 140 g/mol. The molecule has 1 atom stereocenters. The highest BCUT2D eigenvalue weighted by molar-refractivity contribution is 5.87. The van der Waals surface area contributed by atoms with Gasteiger partial charge in [0.15, 0.2) is 0 Å². The molecule has 0 fully saturated rings. The van der Waals surface area contributed by atoms with E-state index in [2.05, 4.69) is 0 Å². The minimum atomic E-state index is -0.732. The molecule has 0 heterocycles. The van der Waals surface area contributed by atoms with E-state index in [1.807, 2.05) is 13.0 Å². The van der Waals surface area contributed by atoms with Crippen molar-refractivity contribution in [2.24, 2.45) is 5.92 Å². The standard InChI is InChI=1S/C8H12O2/c1-2-6-4-3-5-7(6)8(9)10/h5-6H,2-4H2,1H3,(H,9,10). The van der Waals surface area contributed by atoms with Crippen molar-refractivity contribution >= 4 is 5.97 Å². The molecule has 0 aromatic rings. The Hall–Kier alpha value is -0.790. The van der Waals surface area contributed by atoms with Crippen LogP contribution in [-0.4, -0.2) is 11.1 Å². The normalized spacial score (nSPS) is 24.5. The lowest BCUT2D eigenvalue weighted by atomic mass is 9.99. The highest BCUT2D eigenvalue weighted by atomic mass is 16.4. The summed E-state index contributed by atoms with van der Waals surface area (Å²) >= 11 is 0. The molecule has 1 aliphatic carbocycles. The molecule has 1 aliphatic rings. The molecule has 10 heavy (non-hydrogen) atoms. The number of allylic oxidation sites excluding steroid dienone is 1. The second kappa shape index (κ2) is 2.86. The van der Waals surface area contributed by atoms with E-state index in [0.717, 1.165) is 19.3 Å². The minimum Gasteiger partial charge on any atom is -0.478 e. The molecule has 0 aliphatic heterocycles. The fourth-order valence-corrected chi connectivity index (χ4v) is 1.45. The van der Waals surface area contributed by atoms with Crippen molar-refractivity contribution in [3.63, 3.8) is 0 Å². The van der Waals surface area contributed by atoms with Crippen molar-refractivity contribution in [2.45, 2.75) is 26.2 Å². The Bertz CT molecular complexity index is 170. The molecule has 0 saturated heterocycles. The largest absolute Gasteiger partial charge is 0.478 e. The first kappa shape index (κ1) is 7.32. The van der Waals surface area contributed by atoms with Gasteiger partial charge in [0.2, 0.25) is 0 Å². The predicted molar refractivity (Wildman–Crippen MR) is 38.7 cm³/mol. The maximum absolute atomic E-state index is 10.5. The van der Waals surface area contributed by atoms with Gasteiger partial charge in [0, 0.05) is 5.57 Å². The van der Waals surface area contributed by atoms with Crippen LogP contribution in [0.4, 0.5) is 0 Å². The molecule has 1 rings (SSSR count). The van der Waals surface area contributed by atoms with Crippen molar-refractivity contribution in [2.75, 3.05) is 0 Å². The third-order valence-electron chi connectivity index (χ3n) is 2.06. The summed E-state index contributed by atoms with van der Waals surface area (Å²) in [6, 6.07) is 0. The lowest BCUT2D eigenvalue weighted by Crippen LogP contribution is -2.07. The second-order valence-electron chi connectivity index (χ2n) is 2.65. The lowest BCUT2D eigenvalue weighted by molar-refractivity contribution is -0.133. The van der Waals surface area contributed by atoms with E-state index >= 15 is 0 Å². The van der Waals surface area contributed by atoms with Gasteiger partial charge in [-0.1, -0.05) is 13.0 Å². The Labute approximate surface area is 60.6 Å². The monoisotopic (exact) mass is 140 g/mol. The van der Waals surface area contributed by atoms with E-state index in [-0.39, 0.29) is 0 Å². The number of hydrogen-bond donors (Lipinski definition) is 1. The topological polar surface area (TPSA) is 37.3 Å². The van der Waals surface area contributed by atoms with Gasteiger partial charge in [0.1, 0.15) is 0 Å². The van der Waals surface area contributed by atoms with Crippen LogP contribution in [0.1, 0.15) is 26.2 Å². The van der Waals surface area contributed by atoms with Crippen LogP contribution in [0.25, 0.3) is 0 Å². The number of carbonyl (C=O) groups is 1. The van der Waals surface area contributed by atoms with Crippen LogP contribution >= 0.6 is 0 Å². The van der Waals surface area contributed by atoms with Gasteiger partial charge in [-0.25, -0.2) is 4.79 Å². The molecule has 0 radical (unpaired) electrons. The zero-order chi connectivity index (χ0) is 7.56. The minimum absolute atomic E-state index is 0.317. The van der Waals surface area contributed by atoms with Gasteiger partial charge in [-0.2, -0.15) is 0 Å². The second-order valence-corrected chi connectivity index (χ2v) is 2.65. The molecule has 2 heteroatoms. The van der Waals surface area contributed by atoms with Crippen molar-refractivity contribution in [1.29, 1.82) is 0 Å². The summed E-state index contributed by atoms with van der Waals surface area (Å²) in [5.74, 6) is -0.415. The number of aliphatic carboxylic acids is 1. The molecule has 0 saturated carbocycles. The number of carboxylic acids is 1. The zero-order valence-electron chi connectivity index (χ0n) is 6.13. The zero-order valence-corrected chi connectivity index (χ0v) is 6.13. The van der Waals surface area contributed by atoms with Crippen molar-refractivity contribution in [3.8, 4) is 0 Å². The number of carboxylic acid groups (broad SMARTS) is 1. The van der Waals surface area contributed by atoms with Gasteiger partial charge in [-0.15, -0.1) is 0 Å². The van der Waals surface area contributed by atoms with Gasteiger partial charge in [0.25, 0.3) is 0 Å². The first-order valence-corrected chi connectivity index (χ1v) is 3.69. The van der Waals surface area contributed by atoms with Crippen molar-refractivity contribution < 1.29 is 9.90 Å². The molecule has 0 spiro atoms. The first-order chi connectivity index (χ1) is 4.75. The maximum Gasteiger partial charge on any atom is 0.331 e. The summed E-state index contributed by atoms with van der Waals surface area (Å²) in [4.78, 5) is 10.5. The van der Waals surface area contributed by atoms with E-state index < -0.39 is 5.97 Å². The summed E-state index contributed by atoms with van der Waals surface area (Å²) < 4.78 is 0. The summed E-state index contributed by atoms with van der Waals surface area (Å²) in [7, 11) is 0. The van der Waals surface area contributed by atoms with Crippen LogP contribution in [0.15, 0.2) is 11.6 Å². The van der Waals surface area contributed by atoms with Gasteiger partial charge in [-0.05, 0) is 25.2 Å². The van der Waals surface area contributed by atoms with Crippen LogP contribution in [-0.2, 0) is 4.79 Å². The van der Waals surface area contributed by atoms with E-state index in [1.165, 1.54) is 0 Å². The Morgan fingerprint density at radius 3 is 3.00 bits per heavy atom. The van der Waals surface area contributed by atoms with Gasteiger partial charge >= 0.3 is 5.97 Å². The molecule has 2 nitrogen and oxygen atoms in total. The summed E-state index contributed by atoms with van der Waals surface area (Å²) in [6.45, 7) is 2.03. The number of hydrogen-bond acceptors (Lipinski definition) is 1. The highest BCUT2D eigenvalue weighted by Crippen LogP contribution is 2.28. The Balaban J connectivity index is 2.65. The summed E-state index contributed by atoms with van der Waals surface area (Å²) in [5, 5.41) is 8.65. The quantitative estimate of drug-likeness (QED) is 0.635. The van der Waals surface area contributed by atoms with E-state index in [4.69, 9.17) is 5.11 Å². The molecular weight excluding hydrogens is 128 g/mol. The predicted octanol–water partition coefficient (Wildman–Crippen LogP) is 1.82. The first-order valence-electron chi connectivity index (χ1n) is 3.69. The van der Waals surface area contributed by atoms with Gasteiger partial charge in [-0.3, -0.25) is 0 Å². The van der Waals surface area contributed by atoms with E-state index in [0.29, 0.717) is 11.5 Å². The number of rotatable bonds is 2. The van der Waals surface area contributed by atoms with Gasteiger partial charge in [0.05, 0.1) is 0 Å². The van der Waals surface area contributed by atoms with Crippen LogP contribution < -0.4 is 0 Å². The fourth-order valence-electron chi connectivity index (χ4n) is 1.45. The smallest absolute Gasteiger partial charge is 0.331 e. The molecule has 56 valence electrons. The third kappa shape index (κ3) is 1.20. The summed E-state index contributed by atoms with van der Waals surface area (Å²) in [5.41, 5.74) is 0.627. The fraction of sp³-hybridized carbons (Fsp3) is 0.625. The molecule has 0 aromatic heterocycles. The SMILES string of the molecule is CCC1CCC=C1C(=O)O. The molecule has 0 amide bonds. The summed E-state index contributed by atoms with van der Waals surface area (Å²) in [6.07, 6.45) is 4.77. The van der Waals surface area contributed by atoms with Crippen LogP contribution in [0.3, 0.4) is 0 Å². The van der Waals surface area contributed by atoms with Crippen molar-refractivity contribution in [1.82, 2.24) is 0 Å². The average Bonchev–Trinajstić information content (AvgIpc) is 2.33. The maximum atomic E-state index is 10.5. The van der Waals surface area contributed by atoms with Crippen molar-refractivity contribution in [3.05, 3.63) is 11.6 Å². The van der Waals surface area contributed by atoms with E-state index in [9.17, 15) is 4.79 Å². The Kier molecular flexibility index (Phi) is 2.10. The molecular formula is C8H12O2.